The van der Waals surface area contributed by atoms with Gasteiger partial charge in [-0.05, 0) is 36.4 Å². The summed E-state index contributed by atoms with van der Waals surface area (Å²) >= 11 is 0. The average Bonchev–Trinajstić information content (AvgIpc) is 2.85. The summed E-state index contributed by atoms with van der Waals surface area (Å²) in [7, 11) is 0. The molecule has 4 rings (SSSR count). The number of hydrogen-bond acceptors (Lipinski definition) is 8. The van der Waals surface area contributed by atoms with Crippen LogP contribution < -0.4 is 16.0 Å². The second-order valence-electron chi connectivity index (χ2n) is 6.55. The summed E-state index contributed by atoms with van der Waals surface area (Å²) < 4.78 is 0. The molecule has 11 heteroatoms. The zero-order valence-corrected chi connectivity index (χ0v) is 17.0. The molecule has 0 aliphatic carbocycles. The predicted molar refractivity (Wildman–Crippen MR) is 119 cm³/mol. The van der Waals surface area contributed by atoms with Crippen LogP contribution in [0.15, 0.2) is 79.6 Å². The number of carbonyl (C=O) groups excluding carboxylic acids is 3. The van der Waals surface area contributed by atoms with Gasteiger partial charge >= 0.3 is 0 Å². The van der Waals surface area contributed by atoms with Crippen LogP contribution in [0.25, 0.3) is 0 Å². The molecule has 4 aromatic rings. The van der Waals surface area contributed by atoms with E-state index in [1.807, 2.05) is 0 Å². The van der Waals surface area contributed by atoms with Crippen LogP contribution in [0.3, 0.4) is 0 Å². The van der Waals surface area contributed by atoms with E-state index in [9.17, 15) is 14.4 Å². The summed E-state index contributed by atoms with van der Waals surface area (Å²) in [5.41, 5.74) is 0.883. The maximum Gasteiger partial charge on any atom is 0.293 e. The summed E-state index contributed by atoms with van der Waals surface area (Å²) in [6.45, 7) is 0. The van der Waals surface area contributed by atoms with E-state index >= 15 is 0 Å². The van der Waals surface area contributed by atoms with E-state index in [1.165, 1.54) is 24.7 Å². The van der Waals surface area contributed by atoms with E-state index < -0.39 is 17.7 Å². The highest BCUT2D eigenvalue weighted by Crippen LogP contribution is 2.12. The lowest BCUT2D eigenvalue weighted by Crippen LogP contribution is -2.24. The molecule has 0 aliphatic rings. The van der Waals surface area contributed by atoms with Gasteiger partial charge in [-0.3, -0.25) is 29.3 Å². The minimum atomic E-state index is -0.713. The molecular formula is C22H16N8O3. The topological polar surface area (TPSA) is 152 Å². The van der Waals surface area contributed by atoms with Crippen molar-refractivity contribution in [1.82, 2.24) is 24.9 Å². The van der Waals surface area contributed by atoms with Gasteiger partial charge in [0, 0.05) is 24.7 Å². The smallest absolute Gasteiger partial charge is 0.293 e. The number of nitrogens with zero attached hydrogens (tertiary/aromatic N) is 5. The van der Waals surface area contributed by atoms with Gasteiger partial charge in [-0.15, -0.1) is 0 Å². The molecule has 0 atom stereocenters. The highest BCUT2D eigenvalue weighted by Gasteiger charge is 2.20. The number of anilines is 3. The fraction of sp³-hybridized carbons (Fsp3) is 0. The Morgan fingerprint density at radius 1 is 0.576 bits per heavy atom. The van der Waals surface area contributed by atoms with Crippen molar-refractivity contribution in [2.45, 2.75) is 0 Å². The van der Waals surface area contributed by atoms with Crippen molar-refractivity contribution in [2.24, 2.45) is 0 Å². The largest absolute Gasteiger partial charge is 0.319 e. The molecule has 0 aliphatic heterocycles. The number of amides is 3. The Hall–Kier alpha value is -5.06. The van der Waals surface area contributed by atoms with Crippen molar-refractivity contribution in [2.75, 3.05) is 16.0 Å². The minimum Gasteiger partial charge on any atom is -0.319 e. The van der Waals surface area contributed by atoms with Crippen LogP contribution in [0.4, 0.5) is 17.1 Å². The van der Waals surface area contributed by atoms with Crippen LogP contribution in [-0.2, 0) is 0 Å². The van der Waals surface area contributed by atoms with Crippen molar-refractivity contribution in [3.8, 4) is 0 Å². The molecule has 162 valence electrons. The fourth-order valence-corrected chi connectivity index (χ4v) is 2.67. The molecule has 3 N–H and O–H groups in total. The molecule has 4 aromatic heterocycles. The Bertz CT molecular complexity index is 1110. The second kappa shape index (κ2) is 9.83. The van der Waals surface area contributed by atoms with Crippen LogP contribution in [0.1, 0.15) is 31.6 Å². The number of hydrogen-bond donors (Lipinski definition) is 3. The molecule has 0 radical (unpaired) electrons. The van der Waals surface area contributed by atoms with Gasteiger partial charge in [0.05, 0.1) is 35.7 Å². The molecule has 33 heavy (non-hydrogen) atoms. The Labute approximate surface area is 187 Å². The molecule has 0 spiro atoms. The first kappa shape index (κ1) is 21.2. The summed E-state index contributed by atoms with van der Waals surface area (Å²) in [4.78, 5) is 58.1. The molecule has 0 unspecified atom stereocenters. The normalized spacial score (nSPS) is 10.2. The highest BCUT2D eigenvalue weighted by molar-refractivity contribution is 6.09. The number of nitrogens with one attached hydrogen (secondary N) is 3. The first-order chi connectivity index (χ1) is 16.1. The van der Waals surface area contributed by atoms with Crippen molar-refractivity contribution >= 4 is 34.8 Å². The van der Waals surface area contributed by atoms with E-state index in [0.29, 0.717) is 17.1 Å². The maximum absolute atomic E-state index is 12.8. The Balaban J connectivity index is 1.65. The molecular weight excluding hydrogens is 424 g/mol. The highest BCUT2D eigenvalue weighted by atomic mass is 16.2. The number of aromatic nitrogens is 5. The SMILES string of the molecule is O=C(Nc1cccnc1)c1cc(C(=O)Nc2cccnc2)nc(C(=O)Nc2cccnc2)n1. The van der Waals surface area contributed by atoms with E-state index in [0.717, 1.165) is 0 Å². The summed E-state index contributed by atoms with van der Waals surface area (Å²) in [5, 5.41) is 7.81. The standard InChI is InChI=1S/C22H16N8O3/c31-20(26-14-4-1-7-23-11-14)17-10-18(21(32)27-15-5-2-8-24-12-15)30-19(29-17)22(33)28-16-6-3-9-25-13-16/h1-13H,(H,26,31)(H,27,32)(H,28,33). The molecule has 0 bridgehead atoms. The first-order valence-corrected chi connectivity index (χ1v) is 9.62. The van der Waals surface area contributed by atoms with Crippen molar-refractivity contribution in [3.05, 3.63) is 96.9 Å². The lowest BCUT2D eigenvalue weighted by molar-refractivity contribution is 0.101. The Morgan fingerprint density at radius 2 is 0.970 bits per heavy atom. The van der Waals surface area contributed by atoms with Gasteiger partial charge in [0.1, 0.15) is 11.4 Å². The quantitative estimate of drug-likeness (QED) is 0.413. The molecule has 0 fully saturated rings. The number of rotatable bonds is 6. The maximum atomic E-state index is 12.8. The van der Waals surface area contributed by atoms with Crippen molar-refractivity contribution in [1.29, 1.82) is 0 Å². The Kier molecular flexibility index (Phi) is 6.31. The van der Waals surface area contributed by atoms with Crippen molar-refractivity contribution in [3.63, 3.8) is 0 Å². The molecule has 4 heterocycles. The van der Waals surface area contributed by atoms with Gasteiger partial charge in [0.15, 0.2) is 0 Å². The van der Waals surface area contributed by atoms with Crippen LogP contribution in [0.5, 0.6) is 0 Å². The summed E-state index contributed by atoms with van der Waals surface area (Å²) in [6, 6.07) is 11.0. The average molecular weight is 440 g/mol. The van der Waals surface area contributed by atoms with Gasteiger partial charge in [0.25, 0.3) is 17.7 Å². The van der Waals surface area contributed by atoms with Crippen LogP contribution in [0.2, 0.25) is 0 Å². The van der Waals surface area contributed by atoms with Gasteiger partial charge in [-0.1, -0.05) is 0 Å². The molecule has 0 aromatic carbocycles. The molecule has 3 amide bonds. The first-order valence-electron chi connectivity index (χ1n) is 9.62. The monoisotopic (exact) mass is 440 g/mol. The third kappa shape index (κ3) is 5.55. The van der Waals surface area contributed by atoms with Gasteiger partial charge in [0.2, 0.25) is 5.82 Å². The molecule has 11 nitrogen and oxygen atoms in total. The van der Waals surface area contributed by atoms with Gasteiger partial charge in [-0.2, -0.15) is 0 Å². The van der Waals surface area contributed by atoms with Gasteiger partial charge in [-0.25, -0.2) is 9.97 Å². The van der Waals surface area contributed by atoms with E-state index in [2.05, 4.69) is 40.9 Å². The van der Waals surface area contributed by atoms with Crippen molar-refractivity contribution < 1.29 is 14.4 Å². The van der Waals surface area contributed by atoms with Gasteiger partial charge < -0.3 is 16.0 Å². The van der Waals surface area contributed by atoms with Crippen LogP contribution in [-0.4, -0.2) is 42.6 Å². The van der Waals surface area contributed by atoms with E-state index in [-0.39, 0.29) is 17.2 Å². The van der Waals surface area contributed by atoms with Crippen LogP contribution >= 0.6 is 0 Å². The minimum absolute atomic E-state index is 0.179. The molecule has 0 saturated heterocycles. The van der Waals surface area contributed by atoms with E-state index in [4.69, 9.17) is 0 Å². The summed E-state index contributed by atoms with van der Waals surface area (Å²) in [6.07, 6.45) is 9.00. The summed E-state index contributed by atoms with van der Waals surface area (Å²) in [5.74, 6) is -2.36. The third-order valence-electron chi connectivity index (χ3n) is 4.15. The zero-order chi connectivity index (χ0) is 23.0. The van der Waals surface area contributed by atoms with E-state index in [1.54, 1.807) is 55.0 Å². The lowest BCUT2D eigenvalue weighted by atomic mass is 10.2. The third-order valence-corrected chi connectivity index (χ3v) is 4.15. The fourth-order valence-electron chi connectivity index (χ4n) is 2.67. The zero-order valence-electron chi connectivity index (χ0n) is 17.0. The Morgan fingerprint density at radius 3 is 1.33 bits per heavy atom. The second-order valence-corrected chi connectivity index (χ2v) is 6.55. The lowest BCUT2D eigenvalue weighted by Gasteiger charge is -2.10. The number of pyridine rings is 3. The predicted octanol–water partition coefficient (Wildman–Crippen LogP) is 2.42. The molecule has 0 saturated carbocycles. The number of carbonyl (C=O) groups is 3. The van der Waals surface area contributed by atoms with Crippen LogP contribution in [0, 0.1) is 0 Å².